The fourth-order valence-electron chi connectivity index (χ4n) is 1.40. The molecular formula is C11H14BrIO3S. The summed E-state index contributed by atoms with van der Waals surface area (Å²) in [6.45, 7) is 3.46. The molecule has 2 atom stereocenters. The third kappa shape index (κ3) is 3.21. The molecule has 0 radical (unpaired) electrons. The summed E-state index contributed by atoms with van der Waals surface area (Å²) in [4.78, 5) is 0. The lowest BCUT2D eigenvalue weighted by atomic mass is 10.1. The second kappa shape index (κ2) is 5.54. The van der Waals surface area contributed by atoms with Gasteiger partial charge in [-0.25, -0.2) is 8.42 Å². The van der Waals surface area contributed by atoms with E-state index in [1.807, 2.05) is 13.0 Å². The smallest absolute Gasteiger partial charge is 0.207 e. The van der Waals surface area contributed by atoms with E-state index in [1.54, 1.807) is 47.7 Å². The molecule has 0 heterocycles. The third-order valence-electron chi connectivity index (χ3n) is 2.47. The fraction of sp³-hybridized carbons (Fsp3) is 0.455. The Morgan fingerprint density at radius 1 is 1.53 bits per heavy atom. The number of rotatable bonds is 4. The molecule has 0 aromatic heterocycles. The van der Waals surface area contributed by atoms with Crippen molar-refractivity contribution in [3.8, 4) is 0 Å². The van der Waals surface area contributed by atoms with Crippen molar-refractivity contribution in [2.24, 2.45) is 0 Å². The maximum absolute atomic E-state index is 11.9. The van der Waals surface area contributed by atoms with Crippen LogP contribution in [0.1, 0.15) is 24.2 Å². The van der Waals surface area contributed by atoms with Crippen LogP contribution < -0.4 is 0 Å². The zero-order valence-corrected chi connectivity index (χ0v) is 14.1. The number of sulfone groups is 1. The van der Waals surface area contributed by atoms with Crippen LogP contribution in [-0.2, 0) is 9.84 Å². The quantitative estimate of drug-likeness (QED) is 0.587. The van der Waals surface area contributed by atoms with Gasteiger partial charge in [-0.15, -0.1) is 0 Å². The van der Waals surface area contributed by atoms with E-state index in [4.69, 9.17) is 0 Å². The summed E-state index contributed by atoms with van der Waals surface area (Å²) in [5.41, 5.74) is 1.57. The van der Waals surface area contributed by atoms with E-state index in [0.717, 1.165) is 5.56 Å². The van der Waals surface area contributed by atoms with Gasteiger partial charge in [0.05, 0.1) is 0 Å². The Labute approximate surface area is 124 Å². The molecule has 0 spiro atoms. The van der Waals surface area contributed by atoms with Gasteiger partial charge >= 0.3 is 0 Å². The predicted molar refractivity (Wildman–Crippen MR) is 81.3 cm³/mol. The van der Waals surface area contributed by atoms with E-state index < -0.39 is 17.6 Å². The Kier molecular flexibility index (Phi) is 5.02. The number of benzene rings is 1. The lowest BCUT2D eigenvalue weighted by Crippen LogP contribution is -2.33. The molecule has 1 N–H and O–H groups in total. The summed E-state index contributed by atoms with van der Waals surface area (Å²) in [5.74, 6) is -0.0237. The van der Waals surface area contributed by atoms with Crippen molar-refractivity contribution in [3.63, 3.8) is 0 Å². The van der Waals surface area contributed by atoms with Gasteiger partial charge in [0.25, 0.3) is 0 Å². The monoisotopic (exact) mass is 432 g/mol. The van der Waals surface area contributed by atoms with Gasteiger partial charge in [0, 0.05) is 5.75 Å². The van der Waals surface area contributed by atoms with Crippen LogP contribution in [0.5, 0.6) is 0 Å². The molecule has 0 aliphatic heterocycles. The van der Waals surface area contributed by atoms with E-state index in [2.05, 4.69) is 15.9 Å². The molecule has 0 fully saturated rings. The Bertz CT molecular complexity index is 499. The molecule has 1 rings (SSSR count). The van der Waals surface area contributed by atoms with E-state index in [9.17, 15) is 13.5 Å². The van der Waals surface area contributed by atoms with Crippen LogP contribution in [0.25, 0.3) is 0 Å². The minimum Gasteiger partial charge on any atom is -0.385 e. The van der Waals surface area contributed by atoms with E-state index in [-0.39, 0.29) is 5.75 Å². The zero-order chi connectivity index (χ0) is 13.3. The van der Waals surface area contributed by atoms with Gasteiger partial charge in [0.1, 0.15) is 6.10 Å². The molecule has 1 aromatic carbocycles. The highest BCUT2D eigenvalue weighted by atomic mass is 127. The predicted octanol–water partition coefficient (Wildman–Crippen LogP) is 2.95. The number of halogens is 2. The van der Waals surface area contributed by atoms with Crippen LogP contribution in [0, 0.1) is 6.92 Å². The molecule has 0 saturated heterocycles. The van der Waals surface area contributed by atoms with Crippen LogP contribution in [-0.4, -0.2) is 20.9 Å². The van der Waals surface area contributed by atoms with Crippen molar-refractivity contribution in [1.29, 1.82) is 0 Å². The average molecular weight is 433 g/mol. The summed E-state index contributed by atoms with van der Waals surface area (Å²) in [6, 6.07) is 7.20. The largest absolute Gasteiger partial charge is 0.385 e. The minimum atomic E-state index is -3.40. The molecule has 0 saturated carbocycles. The Balaban J connectivity index is 3.17. The summed E-state index contributed by atoms with van der Waals surface area (Å²) in [6.07, 6.45) is -1.10. The van der Waals surface area contributed by atoms with Crippen LogP contribution in [0.15, 0.2) is 24.3 Å². The first kappa shape index (κ1) is 15.4. The molecule has 3 nitrogen and oxygen atoms in total. The highest BCUT2D eigenvalue weighted by Gasteiger charge is 2.45. The summed E-state index contributed by atoms with van der Waals surface area (Å²) < 4.78 is 22.4. The van der Waals surface area contributed by atoms with Crippen molar-refractivity contribution >= 4 is 48.4 Å². The number of hydrogen-bond acceptors (Lipinski definition) is 3. The molecule has 0 aliphatic rings. The van der Waals surface area contributed by atoms with E-state index in [1.165, 1.54) is 0 Å². The van der Waals surface area contributed by atoms with Crippen molar-refractivity contribution in [2.75, 3.05) is 5.75 Å². The van der Waals surface area contributed by atoms with Crippen molar-refractivity contribution < 1.29 is 13.5 Å². The summed E-state index contributed by atoms with van der Waals surface area (Å²) in [7, 11) is -3.40. The molecule has 0 amide bonds. The van der Waals surface area contributed by atoms with Gasteiger partial charge in [-0.2, -0.15) is 0 Å². The maximum Gasteiger partial charge on any atom is 0.207 e. The van der Waals surface area contributed by atoms with Crippen LogP contribution in [0.2, 0.25) is 0 Å². The number of aliphatic hydroxyl groups excluding tert-OH is 1. The molecule has 0 aliphatic carbocycles. The first-order chi connectivity index (χ1) is 7.72. The van der Waals surface area contributed by atoms with Crippen LogP contribution >= 0.6 is 38.5 Å². The second-order valence-corrected chi connectivity index (χ2v) is 11.9. The maximum atomic E-state index is 11.9. The average Bonchev–Trinajstić information content (AvgIpc) is 2.27. The topological polar surface area (TPSA) is 54.4 Å². The van der Waals surface area contributed by atoms with Gasteiger partial charge in [0.2, 0.25) is 1.66 Å². The van der Waals surface area contributed by atoms with Crippen LogP contribution in [0.4, 0.5) is 0 Å². The third-order valence-corrected chi connectivity index (χ3v) is 8.80. The van der Waals surface area contributed by atoms with Crippen molar-refractivity contribution in [3.05, 3.63) is 35.4 Å². The normalized spacial score (nSPS) is 17.5. The molecule has 96 valence electrons. The van der Waals surface area contributed by atoms with Gasteiger partial charge < -0.3 is 5.11 Å². The summed E-state index contributed by atoms with van der Waals surface area (Å²) >= 11 is 4.88. The second-order valence-electron chi connectivity index (χ2n) is 3.78. The van der Waals surface area contributed by atoms with Gasteiger partial charge in [0.15, 0.2) is 9.84 Å². The van der Waals surface area contributed by atoms with Gasteiger partial charge in [-0.3, -0.25) is 0 Å². The van der Waals surface area contributed by atoms with Gasteiger partial charge in [-0.05, 0) is 35.1 Å². The Morgan fingerprint density at radius 3 is 2.59 bits per heavy atom. The number of aryl methyl sites for hydroxylation is 1. The fourth-order valence-corrected chi connectivity index (χ4v) is 4.50. The number of alkyl halides is 2. The molecular weight excluding hydrogens is 419 g/mol. The standard InChI is InChI=1S/C11H14BrIO3S/c1-3-17(15,16)11(12,13)10(14)9-6-4-5-8(2)7-9/h4-7,10,14H,3H2,1-2H3/t10-,11-/m0/s1. The highest BCUT2D eigenvalue weighted by Crippen LogP contribution is 2.45. The zero-order valence-electron chi connectivity index (χ0n) is 9.52. The highest BCUT2D eigenvalue weighted by molar-refractivity contribution is 14.1. The molecule has 6 heteroatoms. The first-order valence-corrected chi connectivity index (χ1v) is 8.59. The van der Waals surface area contributed by atoms with Crippen molar-refractivity contribution in [1.82, 2.24) is 0 Å². The number of aliphatic hydroxyl groups is 1. The molecule has 1 aromatic rings. The van der Waals surface area contributed by atoms with Crippen LogP contribution in [0.3, 0.4) is 0 Å². The van der Waals surface area contributed by atoms with Crippen molar-refractivity contribution in [2.45, 2.75) is 21.6 Å². The lowest BCUT2D eigenvalue weighted by molar-refractivity contribution is 0.191. The first-order valence-electron chi connectivity index (χ1n) is 5.07. The van der Waals surface area contributed by atoms with E-state index >= 15 is 0 Å². The Morgan fingerprint density at radius 2 is 2.12 bits per heavy atom. The lowest BCUT2D eigenvalue weighted by Gasteiger charge is -2.26. The van der Waals surface area contributed by atoms with E-state index in [0.29, 0.717) is 5.56 Å². The van der Waals surface area contributed by atoms with Gasteiger partial charge in [-0.1, -0.05) is 52.7 Å². The Hall–Kier alpha value is 0.340. The number of hydrogen-bond donors (Lipinski definition) is 1. The molecule has 17 heavy (non-hydrogen) atoms. The molecule has 0 unspecified atom stereocenters. The minimum absolute atomic E-state index is 0.0237. The summed E-state index contributed by atoms with van der Waals surface area (Å²) in [5, 5.41) is 10.2. The SMILES string of the molecule is CCS(=O)(=O)[C@@](Br)(I)[C@@H](O)c1cccc(C)c1. The molecule has 0 bridgehead atoms.